The zero-order chi connectivity index (χ0) is 18.3. The van der Waals surface area contributed by atoms with Crippen molar-refractivity contribution in [3.63, 3.8) is 0 Å². The second-order valence-corrected chi connectivity index (χ2v) is 6.11. The molecule has 3 aromatic rings. The quantitative estimate of drug-likeness (QED) is 0.564. The van der Waals surface area contributed by atoms with Gasteiger partial charge >= 0.3 is 5.97 Å². The number of methoxy groups -OCH3 is 1. The largest absolute Gasteiger partial charge is 0.465 e. The second-order valence-electron chi connectivity index (χ2n) is 5.72. The fourth-order valence-electron chi connectivity index (χ4n) is 2.93. The van der Waals surface area contributed by atoms with Crippen LogP contribution in [0.1, 0.15) is 15.9 Å². The van der Waals surface area contributed by atoms with E-state index in [0.717, 1.165) is 5.56 Å². The van der Waals surface area contributed by atoms with Crippen molar-refractivity contribution in [2.75, 3.05) is 13.9 Å². The fourth-order valence-corrected chi connectivity index (χ4v) is 3.19. The number of benzene rings is 2. The van der Waals surface area contributed by atoms with Crippen LogP contribution in [-0.2, 0) is 11.3 Å². The van der Waals surface area contributed by atoms with Gasteiger partial charge in [-0.15, -0.1) is 0 Å². The Hall–Kier alpha value is -3.13. The minimum absolute atomic E-state index is 0.155. The third kappa shape index (κ3) is 2.64. The Bertz CT molecular complexity index is 1150. The van der Waals surface area contributed by atoms with Crippen molar-refractivity contribution in [3.05, 3.63) is 62.6 Å². The SMILES string of the molecule is COC(=O)c1ccc2c(=O)n(Cc3cccc4c3OCO4)c(=S)[nH]c2c1. The number of ether oxygens (including phenoxy) is 3. The van der Waals surface area contributed by atoms with E-state index < -0.39 is 5.97 Å². The van der Waals surface area contributed by atoms with Gasteiger partial charge in [0, 0.05) is 5.56 Å². The normalized spacial score (nSPS) is 12.3. The lowest BCUT2D eigenvalue weighted by molar-refractivity contribution is 0.0601. The molecule has 0 aliphatic carbocycles. The number of carbonyl (C=O) groups is 1. The molecule has 7 nitrogen and oxygen atoms in total. The van der Waals surface area contributed by atoms with Gasteiger partial charge in [0.25, 0.3) is 5.56 Å². The Kier molecular flexibility index (Phi) is 3.96. The molecule has 0 unspecified atom stereocenters. The van der Waals surface area contributed by atoms with Crippen LogP contribution >= 0.6 is 12.2 Å². The third-order valence-electron chi connectivity index (χ3n) is 4.21. The topological polar surface area (TPSA) is 82.6 Å². The van der Waals surface area contributed by atoms with Crippen molar-refractivity contribution >= 4 is 29.1 Å². The molecule has 1 aromatic heterocycles. The average molecular weight is 370 g/mol. The van der Waals surface area contributed by atoms with Crippen molar-refractivity contribution in [2.45, 2.75) is 6.54 Å². The highest BCUT2D eigenvalue weighted by Crippen LogP contribution is 2.35. The molecule has 0 saturated carbocycles. The molecule has 0 saturated heterocycles. The average Bonchev–Trinajstić information content (AvgIpc) is 3.13. The number of fused-ring (bicyclic) bond motifs is 2. The zero-order valence-electron chi connectivity index (χ0n) is 13.8. The Morgan fingerprint density at radius 1 is 1.31 bits per heavy atom. The molecule has 4 rings (SSSR count). The first-order valence-electron chi connectivity index (χ1n) is 7.81. The van der Waals surface area contributed by atoms with Crippen LogP contribution in [0.3, 0.4) is 0 Å². The maximum Gasteiger partial charge on any atom is 0.337 e. The molecule has 0 radical (unpaired) electrons. The van der Waals surface area contributed by atoms with Crippen LogP contribution in [0.5, 0.6) is 11.5 Å². The number of aromatic nitrogens is 2. The fraction of sp³-hybridized carbons (Fsp3) is 0.167. The number of H-pyrrole nitrogens is 1. The monoisotopic (exact) mass is 370 g/mol. The second kappa shape index (κ2) is 6.30. The first kappa shape index (κ1) is 16.3. The number of carbonyl (C=O) groups excluding carboxylic acids is 1. The summed E-state index contributed by atoms with van der Waals surface area (Å²) < 4.78 is 17.3. The van der Waals surface area contributed by atoms with Crippen LogP contribution in [0.4, 0.5) is 0 Å². The summed E-state index contributed by atoms with van der Waals surface area (Å²) in [6.45, 7) is 0.400. The van der Waals surface area contributed by atoms with Crippen LogP contribution in [0, 0.1) is 4.77 Å². The summed E-state index contributed by atoms with van der Waals surface area (Å²) in [6, 6.07) is 10.2. The van der Waals surface area contributed by atoms with Gasteiger partial charge < -0.3 is 19.2 Å². The maximum atomic E-state index is 12.9. The Morgan fingerprint density at radius 3 is 2.96 bits per heavy atom. The molecular weight excluding hydrogens is 356 g/mol. The van der Waals surface area contributed by atoms with E-state index in [2.05, 4.69) is 4.98 Å². The Labute approximate surface area is 152 Å². The smallest absolute Gasteiger partial charge is 0.337 e. The van der Waals surface area contributed by atoms with Gasteiger partial charge in [-0.2, -0.15) is 0 Å². The van der Waals surface area contributed by atoms with Gasteiger partial charge in [0.15, 0.2) is 16.3 Å². The molecular formula is C18H14N2O5S. The van der Waals surface area contributed by atoms with E-state index in [1.54, 1.807) is 18.2 Å². The summed E-state index contributed by atoms with van der Waals surface area (Å²) in [7, 11) is 1.30. The summed E-state index contributed by atoms with van der Waals surface area (Å²) in [5.41, 5.74) is 1.37. The lowest BCUT2D eigenvalue weighted by Crippen LogP contribution is -2.23. The number of rotatable bonds is 3. The van der Waals surface area contributed by atoms with Crippen molar-refractivity contribution in [1.82, 2.24) is 9.55 Å². The van der Waals surface area contributed by atoms with Gasteiger partial charge in [0.05, 0.1) is 30.1 Å². The van der Waals surface area contributed by atoms with Crippen LogP contribution in [0.2, 0.25) is 0 Å². The molecule has 26 heavy (non-hydrogen) atoms. The van der Waals surface area contributed by atoms with Crippen molar-refractivity contribution in [2.24, 2.45) is 0 Å². The molecule has 0 bridgehead atoms. The molecule has 0 atom stereocenters. The van der Waals surface area contributed by atoms with E-state index in [4.69, 9.17) is 26.4 Å². The highest BCUT2D eigenvalue weighted by atomic mass is 32.1. The minimum Gasteiger partial charge on any atom is -0.465 e. The Balaban J connectivity index is 1.82. The summed E-state index contributed by atoms with van der Waals surface area (Å²) in [6.07, 6.45) is 0. The maximum absolute atomic E-state index is 12.9. The molecule has 0 fully saturated rings. The highest BCUT2D eigenvalue weighted by molar-refractivity contribution is 7.71. The molecule has 0 amide bonds. The zero-order valence-corrected chi connectivity index (χ0v) is 14.6. The van der Waals surface area contributed by atoms with Gasteiger partial charge in [0.2, 0.25) is 6.79 Å². The highest BCUT2D eigenvalue weighted by Gasteiger charge is 2.18. The molecule has 2 heterocycles. The van der Waals surface area contributed by atoms with Crippen molar-refractivity contribution in [3.8, 4) is 11.5 Å². The van der Waals surface area contributed by atoms with Crippen LogP contribution in [-0.4, -0.2) is 29.4 Å². The third-order valence-corrected chi connectivity index (χ3v) is 4.53. The van der Waals surface area contributed by atoms with E-state index in [0.29, 0.717) is 28.0 Å². The minimum atomic E-state index is -0.479. The summed E-state index contributed by atoms with van der Waals surface area (Å²) in [4.78, 5) is 27.6. The van der Waals surface area contributed by atoms with Gasteiger partial charge in [-0.3, -0.25) is 9.36 Å². The molecule has 1 N–H and O–H groups in total. The number of nitrogens with zero attached hydrogens (tertiary/aromatic N) is 1. The first-order chi connectivity index (χ1) is 12.6. The molecule has 1 aliphatic rings. The van der Waals surface area contributed by atoms with Crippen LogP contribution < -0.4 is 15.0 Å². The number of hydrogen-bond acceptors (Lipinski definition) is 6. The first-order valence-corrected chi connectivity index (χ1v) is 8.22. The van der Waals surface area contributed by atoms with E-state index in [9.17, 15) is 9.59 Å². The molecule has 1 aliphatic heterocycles. The van der Waals surface area contributed by atoms with E-state index >= 15 is 0 Å². The molecule has 132 valence electrons. The van der Waals surface area contributed by atoms with Gasteiger partial charge in [0.1, 0.15) is 0 Å². The number of aromatic amines is 1. The predicted octanol–water partition coefficient (Wildman–Crippen LogP) is 2.62. The van der Waals surface area contributed by atoms with E-state index in [-0.39, 0.29) is 23.7 Å². The number of esters is 1. The van der Waals surface area contributed by atoms with Crippen molar-refractivity contribution in [1.29, 1.82) is 0 Å². The van der Waals surface area contributed by atoms with Crippen molar-refractivity contribution < 1.29 is 19.0 Å². The van der Waals surface area contributed by atoms with Crippen LogP contribution in [0.15, 0.2) is 41.2 Å². The molecule has 8 heteroatoms. The lowest BCUT2D eigenvalue weighted by atomic mass is 10.1. The lowest BCUT2D eigenvalue weighted by Gasteiger charge is -2.10. The van der Waals surface area contributed by atoms with Gasteiger partial charge in [-0.05, 0) is 36.5 Å². The standard InChI is InChI=1S/C18H14N2O5S/c1-23-17(22)10-5-6-12-13(7-10)19-18(26)20(16(12)21)8-11-3-2-4-14-15(11)25-9-24-14/h2-7H,8-9H2,1H3,(H,19,26). The Morgan fingerprint density at radius 2 is 2.15 bits per heavy atom. The summed E-state index contributed by atoms with van der Waals surface area (Å²) in [5.74, 6) is 0.788. The molecule has 2 aromatic carbocycles. The van der Waals surface area contributed by atoms with Gasteiger partial charge in [-0.25, -0.2) is 4.79 Å². The summed E-state index contributed by atoms with van der Waals surface area (Å²) >= 11 is 5.35. The number of nitrogens with one attached hydrogen (secondary N) is 1. The van der Waals surface area contributed by atoms with Gasteiger partial charge in [-0.1, -0.05) is 12.1 Å². The number of hydrogen-bond donors (Lipinski definition) is 1. The summed E-state index contributed by atoms with van der Waals surface area (Å²) in [5, 5.41) is 0.427. The molecule has 0 spiro atoms. The van der Waals surface area contributed by atoms with E-state index in [1.165, 1.54) is 11.7 Å². The number of para-hydroxylation sites is 1. The van der Waals surface area contributed by atoms with E-state index in [1.807, 2.05) is 18.2 Å². The predicted molar refractivity (Wildman–Crippen MR) is 96.4 cm³/mol. The van der Waals surface area contributed by atoms with Crippen LogP contribution in [0.25, 0.3) is 10.9 Å².